The smallest absolute Gasteiger partial charge is 0.279 e. The summed E-state index contributed by atoms with van der Waals surface area (Å²) in [6.07, 6.45) is -0.732. The van der Waals surface area contributed by atoms with Gasteiger partial charge in [0.1, 0.15) is 0 Å². The predicted octanol–water partition coefficient (Wildman–Crippen LogP) is -1.13. The van der Waals surface area contributed by atoms with Crippen LogP contribution in [-0.2, 0) is 10.2 Å². The lowest BCUT2D eigenvalue weighted by Crippen LogP contribution is -2.48. The molecule has 0 saturated heterocycles. The largest absolute Gasteiger partial charge is 0.392 e. The zero-order valence-corrected chi connectivity index (χ0v) is 10.3. The molecule has 6 nitrogen and oxygen atoms in total. The molecule has 0 aromatic heterocycles. The molecule has 2 atom stereocenters. The van der Waals surface area contributed by atoms with E-state index in [1.54, 1.807) is 13.8 Å². The highest BCUT2D eigenvalue weighted by molar-refractivity contribution is 7.87. The van der Waals surface area contributed by atoms with Gasteiger partial charge in [0.2, 0.25) is 0 Å². The number of hydrogen-bond donors (Lipinski definition) is 3. The summed E-state index contributed by atoms with van der Waals surface area (Å²) in [6, 6.07) is -0.588. The monoisotopic (exact) mass is 239 g/mol. The molecule has 0 aliphatic rings. The maximum Gasteiger partial charge on any atom is 0.279 e. The SMILES string of the molecule is CCN(CC)S(=O)(=O)NCC(N)C(C)O. The second kappa shape index (κ2) is 6.39. The number of rotatable bonds is 7. The summed E-state index contributed by atoms with van der Waals surface area (Å²) in [6.45, 7) is 5.91. The fraction of sp³-hybridized carbons (Fsp3) is 1.00. The number of nitrogens with two attached hydrogens (primary N) is 1. The van der Waals surface area contributed by atoms with Crippen molar-refractivity contribution in [1.29, 1.82) is 0 Å². The maximum absolute atomic E-state index is 11.6. The fourth-order valence-electron chi connectivity index (χ4n) is 1.03. The first-order valence-corrected chi connectivity index (χ1v) is 6.47. The maximum atomic E-state index is 11.6. The molecule has 0 aliphatic carbocycles. The lowest BCUT2D eigenvalue weighted by atomic mass is 10.2. The third kappa shape index (κ3) is 4.89. The van der Waals surface area contributed by atoms with Gasteiger partial charge in [-0.3, -0.25) is 0 Å². The van der Waals surface area contributed by atoms with Gasteiger partial charge in [-0.15, -0.1) is 0 Å². The molecule has 2 unspecified atom stereocenters. The Balaban J connectivity index is 4.27. The van der Waals surface area contributed by atoms with Crippen LogP contribution in [0.1, 0.15) is 20.8 Å². The highest BCUT2D eigenvalue weighted by Gasteiger charge is 2.20. The third-order valence-corrected chi connectivity index (χ3v) is 3.89. The molecular weight excluding hydrogens is 218 g/mol. The molecule has 92 valence electrons. The van der Waals surface area contributed by atoms with Gasteiger partial charge in [0.25, 0.3) is 10.2 Å². The first-order valence-electron chi connectivity index (χ1n) is 5.03. The summed E-state index contributed by atoms with van der Waals surface area (Å²) in [5.41, 5.74) is 5.51. The van der Waals surface area contributed by atoms with Crippen molar-refractivity contribution in [3.63, 3.8) is 0 Å². The lowest BCUT2D eigenvalue weighted by molar-refractivity contribution is 0.164. The van der Waals surface area contributed by atoms with E-state index in [4.69, 9.17) is 10.8 Å². The minimum Gasteiger partial charge on any atom is -0.392 e. The van der Waals surface area contributed by atoms with Crippen LogP contribution in [0.15, 0.2) is 0 Å². The summed E-state index contributed by atoms with van der Waals surface area (Å²) < 4.78 is 26.8. The summed E-state index contributed by atoms with van der Waals surface area (Å²) in [5.74, 6) is 0. The molecule has 0 fully saturated rings. The average Bonchev–Trinajstić information content (AvgIpc) is 2.15. The van der Waals surface area contributed by atoms with Gasteiger partial charge >= 0.3 is 0 Å². The Bertz CT molecular complexity index is 262. The summed E-state index contributed by atoms with van der Waals surface area (Å²) in [5, 5.41) is 9.10. The quantitative estimate of drug-likeness (QED) is 0.524. The Morgan fingerprint density at radius 1 is 1.40 bits per heavy atom. The van der Waals surface area contributed by atoms with E-state index in [9.17, 15) is 8.42 Å². The Morgan fingerprint density at radius 3 is 2.20 bits per heavy atom. The van der Waals surface area contributed by atoms with E-state index in [2.05, 4.69) is 4.72 Å². The summed E-state index contributed by atoms with van der Waals surface area (Å²) in [7, 11) is -3.46. The minimum absolute atomic E-state index is 0.0382. The van der Waals surface area contributed by atoms with Gasteiger partial charge in [0.05, 0.1) is 6.10 Å². The Hall–Kier alpha value is -0.210. The molecule has 0 saturated carbocycles. The Morgan fingerprint density at radius 2 is 1.87 bits per heavy atom. The molecule has 0 heterocycles. The second-order valence-electron chi connectivity index (χ2n) is 3.34. The van der Waals surface area contributed by atoms with E-state index in [-0.39, 0.29) is 6.54 Å². The van der Waals surface area contributed by atoms with Crippen molar-refractivity contribution in [2.75, 3.05) is 19.6 Å². The van der Waals surface area contributed by atoms with Crippen molar-refractivity contribution in [2.45, 2.75) is 32.9 Å². The van der Waals surface area contributed by atoms with Gasteiger partial charge in [-0.1, -0.05) is 13.8 Å². The van der Waals surface area contributed by atoms with Gasteiger partial charge in [-0.25, -0.2) is 4.72 Å². The predicted molar refractivity (Wildman–Crippen MR) is 59.5 cm³/mol. The first-order chi connectivity index (χ1) is 6.85. The first kappa shape index (κ1) is 14.8. The van der Waals surface area contributed by atoms with E-state index in [1.165, 1.54) is 11.2 Å². The molecule has 0 amide bonds. The van der Waals surface area contributed by atoms with Crippen LogP contribution in [0, 0.1) is 0 Å². The van der Waals surface area contributed by atoms with Crippen molar-refractivity contribution < 1.29 is 13.5 Å². The standard InChI is InChI=1S/C8H21N3O3S/c1-4-11(5-2)15(13,14)10-6-8(9)7(3)12/h7-8,10,12H,4-6,9H2,1-3H3. The molecule has 4 N–H and O–H groups in total. The van der Waals surface area contributed by atoms with E-state index < -0.39 is 22.4 Å². The van der Waals surface area contributed by atoms with Crippen molar-refractivity contribution in [3.05, 3.63) is 0 Å². The molecule has 0 aromatic carbocycles. The highest BCUT2D eigenvalue weighted by atomic mass is 32.2. The molecule has 0 aromatic rings. The average molecular weight is 239 g/mol. The van der Waals surface area contributed by atoms with E-state index >= 15 is 0 Å². The van der Waals surface area contributed by atoms with Gasteiger partial charge in [0, 0.05) is 25.7 Å². The normalized spacial score (nSPS) is 16.7. The zero-order valence-electron chi connectivity index (χ0n) is 9.47. The van der Waals surface area contributed by atoms with E-state index in [0.29, 0.717) is 13.1 Å². The lowest BCUT2D eigenvalue weighted by Gasteiger charge is -2.21. The van der Waals surface area contributed by atoms with Crippen LogP contribution in [0.2, 0.25) is 0 Å². The molecule has 0 aliphatic heterocycles. The zero-order chi connectivity index (χ0) is 12.1. The van der Waals surface area contributed by atoms with Crippen molar-refractivity contribution >= 4 is 10.2 Å². The van der Waals surface area contributed by atoms with Gasteiger partial charge in [-0.2, -0.15) is 12.7 Å². The van der Waals surface area contributed by atoms with Crippen LogP contribution < -0.4 is 10.5 Å². The Labute approximate surface area is 91.6 Å². The Kier molecular flexibility index (Phi) is 6.30. The summed E-state index contributed by atoms with van der Waals surface area (Å²) >= 11 is 0. The van der Waals surface area contributed by atoms with Crippen LogP contribution in [0.3, 0.4) is 0 Å². The molecule has 0 spiro atoms. The van der Waals surface area contributed by atoms with Crippen LogP contribution in [0.5, 0.6) is 0 Å². The van der Waals surface area contributed by atoms with Gasteiger partial charge < -0.3 is 10.8 Å². The van der Waals surface area contributed by atoms with Crippen LogP contribution in [-0.4, -0.2) is 49.6 Å². The molecule has 0 bridgehead atoms. The third-order valence-electron chi connectivity index (χ3n) is 2.17. The van der Waals surface area contributed by atoms with Crippen LogP contribution in [0.4, 0.5) is 0 Å². The molecule has 0 rings (SSSR count). The highest BCUT2D eigenvalue weighted by Crippen LogP contribution is 1.97. The topological polar surface area (TPSA) is 95.7 Å². The van der Waals surface area contributed by atoms with E-state index in [0.717, 1.165) is 0 Å². The number of hydrogen-bond acceptors (Lipinski definition) is 4. The van der Waals surface area contributed by atoms with Crippen molar-refractivity contribution in [2.24, 2.45) is 5.73 Å². The molecular formula is C8H21N3O3S. The molecule has 0 radical (unpaired) electrons. The van der Waals surface area contributed by atoms with Crippen LogP contribution >= 0.6 is 0 Å². The minimum atomic E-state index is -3.46. The molecule has 7 heteroatoms. The van der Waals surface area contributed by atoms with E-state index in [1.807, 2.05) is 0 Å². The number of nitrogens with one attached hydrogen (secondary N) is 1. The number of aliphatic hydroxyl groups is 1. The summed E-state index contributed by atoms with van der Waals surface area (Å²) in [4.78, 5) is 0. The van der Waals surface area contributed by atoms with Crippen molar-refractivity contribution in [1.82, 2.24) is 9.03 Å². The van der Waals surface area contributed by atoms with Gasteiger partial charge in [0.15, 0.2) is 0 Å². The second-order valence-corrected chi connectivity index (χ2v) is 5.10. The fourth-order valence-corrected chi connectivity index (χ4v) is 2.29. The number of aliphatic hydroxyl groups excluding tert-OH is 1. The molecule has 15 heavy (non-hydrogen) atoms. The van der Waals surface area contributed by atoms with Crippen LogP contribution in [0.25, 0.3) is 0 Å². The number of nitrogens with zero attached hydrogens (tertiary/aromatic N) is 1. The van der Waals surface area contributed by atoms with Crippen molar-refractivity contribution in [3.8, 4) is 0 Å². The van der Waals surface area contributed by atoms with Gasteiger partial charge in [-0.05, 0) is 6.92 Å².